The minimum Gasteiger partial charge on any atom is -0.478 e. The molecule has 3 nitrogen and oxygen atoms in total. The predicted octanol–water partition coefficient (Wildman–Crippen LogP) is 2.16. The number of halogens is 1. The van der Waals surface area contributed by atoms with Gasteiger partial charge in [0, 0.05) is 20.9 Å². The van der Waals surface area contributed by atoms with Gasteiger partial charge in [-0.05, 0) is 24.3 Å². The number of hydrogen-bond donors (Lipinski definition) is 1. The van der Waals surface area contributed by atoms with Crippen LogP contribution in [0.1, 0.15) is 0 Å². The summed E-state index contributed by atoms with van der Waals surface area (Å²) in [6, 6.07) is 6.85. The average molecular weight is 275 g/mol. The smallest absolute Gasteiger partial charge is 0.328 e. The van der Waals surface area contributed by atoms with Crippen molar-refractivity contribution in [1.82, 2.24) is 0 Å². The Labute approximate surface area is 92.0 Å². The first-order valence-electron chi connectivity index (χ1n) is 3.67. The predicted molar refractivity (Wildman–Crippen MR) is 57.3 cm³/mol. The quantitative estimate of drug-likeness (QED) is 0.860. The van der Waals surface area contributed by atoms with E-state index in [0.29, 0.717) is 4.90 Å². The molecule has 1 unspecified atom stereocenters. The van der Waals surface area contributed by atoms with Crippen LogP contribution in [0.3, 0.4) is 0 Å². The third-order valence-corrected chi connectivity index (χ3v) is 3.03. The maximum Gasteiger partial charge on any atom is 0.328 e. The number of hydrogen-bond acceptors (Lipinski definition) is 2. The summed E-state index contributed by atoms with van der Waals surface area (Å²) in [5, 5.41) is 9.47. The van der Waals surface area contributed by atoms with Crippen molar-refractivity contribution >= 4 is 32.7 Å². The highest BCUT2D eigenvalue weighted by Crippen LogP contribution is 2.13. The van der Waals surface area contributed by atoms with Crippen molar-refractivity contribution in [2.24, 2.45) is 0 Å². The van der Waals surface area contributed by atoms with Crippen LogP contribution in [0.15, 0.2) is 45.1 Å². The Morgan fingerprint density at radius 3 is 2.43 bits per heavy atom. The number of carboxylic acids is 1. The van der Waals surface area contributed by atoms with Gasteiger partial charge in [-0.15, -0.1) is 0 Å². The molecule has 1 aromatic carbocycles. The Balaban J connectivity index is 2.80. The molecule has 0 aromatic heterocycles. The molecule has 0 heterocycles. The van der Waals surface area contributed by atoms with Crippen LogP contribution in [0, 0.1) is 0 Å². The third kappa shape index (κ3) is 3.43. The van der Waals surface area contributed by atoms with E-state index in [9.17, 15) is 9.00 Å². The second-order valence-corrected chi connectivity index (χ2v) is 4.65. The number of benzene rings is 1. The molecule has 0 amide bonds. The fourth-order valence-electron chi connectivity index (χ4n) is 0.767. The van der Waals surface area contributed by atoms with E-state index in [0.717, 1.165) is 16.0 Å². The van der Waals surface area contributed by atoms with Gasteiger partial charge in [0.1, 0.15) is 0 Å². The molecule has 0 saturated heterocycles. The molecule has 0 aliphatic carbocycles. The summed E-state index contributed by atoms with van der Waals surface area (Å²) in [6.07, 6.45) is 0.873. The van der Waals surface area contributed by atoms with Gasteiger partial charge in [0.15, 0.2) is 0 Å². The molecule has 0 bridgehead atoms. The standard InChI is InChI=1S/C9H7BrO3S/c10-7-1-3-8(4-2-7)14(13)6-5-9(11)12/h1-6H,(H,11,12)/b6-5+. The molecule has 74 valence electrons. The van der Waals surface area contributed by atoms with Crippen molar-refractivity contribution < 1.29 is 14.1 Å². The van der Waals surface area contributed by atoms with Crippen LogP contribution in [-0.4, -0.2) is 15.3 Å². The Morgan fingerprint density at radius 1 is 1.36 bits per heavy atom. The van der Waals surface area contributed by atoms with Crippen molar-refractivity contribution in [3.05, 3.63) is 40.2 Å². The van der Waals surface area contributed by atoms with Crippen molar-refractivity contribution in [3.8, 4) is 0 Å². The maximum absolute atomic E-state index is 11.4. The number of rotatable bonds is 3. The topological polar surface area (TPSA) is 54.4 Å². The number of aliphatic carboxylic acids is 1. The third-order valence-electron chi connectivity index (χ3n) is 1.38. The molecule has 0 aliphatic heterocycles. The van der Waals surface area contributed by atoms with Gasteiger partial charge in [0.25, 0.3) is 0 Å². The lowest BCUT2D eigenvalue weighted by Gasteiger charge is -1.95. The van der Waals surface area contributed by atoms with Crippen molar-refractivity contribution in [1.29, 1.82) is 0 Å². The first kappa shape index (κ1) is 11.1. The second-order valence-electron chi connectivity index (χ2n) is 2.39. The fourth-order valence-corrected chi connectivity index (χ4v) is 1.83. The molecule has 1 rings (SSSR count). The first-order valence-corrected chi connectivity index (χ1v) is 5.67. The van der Waals surface area contributed by atoms with Crippen LogP contribution >= 0.6 is 15.9 Å². The Kier molecular flexibility index (Phi) is 4.03. The lowest BCUT2D eigenvalue weighted by atomic mass is 10.4. The Bertz CT molecular complexity index is 384. The minimum atomic E-state index is -1.39. The van der Waals surface area contributed by atoms with E-state index in [1.807, 2.05) is 0 Å². The van der Waals surface area contributed by atoms with Crippen LogP contribution in [0.2, 0.25) is 0 Å². The lowest BCUT2D eigenvalue weighted by Crippen LogP contribution is -1.90. The molecule has 1 atom stereocenters. The number of carbonyl (C=O) groups is 1. The molecule has 0 fully saturated rings. The van der Waals surface area contributed by atoms with Gasteiger partial charge in [-0.3, -0.25) is 0 Å². The second kappa shape index (κ2) is 5.07. The van der Waals surface area contributed by atoms with E-state index in [-0.39, 0.29) is 0 Å². The summed E-state index contributed by atoms with van der Waals surface area (Å²) in [5.74, 6) is -1.10. The number of carboxylic acid groups (broad SMARTS) is 1. The van der Waals surface area contributed by atoms with Crippen molar-refractivity contribution in [3.63, 3.8) is 0 Å². The zero-order valence-corrected chi connectivity index (χ0v) is 9.42. The normalized spacial score (nSPS) is 12.9. The van der Waals surface area contributed by atoms with E-state index in [2.05, 4.69) is 15.9 Å². The van der Waals surface area contributed by atoms with Gasteiger partial charge >= 0.3 is 5.97 Å². The van der Waals surface area contributed by atoms with Crippen LogP contribution in [0.25, 0.3) is 0 Å². The average Bonchev–Trinajstić information content (AvgIpc) is 2.15. The monoisotopic (exact) mass is 274 g/mol. The Hall–Kier alpha value is -0.940. The van der Waals surface area contributed by atoms with Crippen LogP contribution < -0.4 is 0 Å². The zero-order chi connectivity index (χ0) is 10.6. The minimum absolute atomic E-state index is 0.575. The highest BCUT2D eigenvalue weighted by Gasteiger charge is 1.99. The molecule has 14 heavy (non-hydrogen) atoms. The van der Waals surface area contributed by atoms with Crippen LogP contribution in [0.5, 0.6) is 0 Å². The van der Waals surface area contributed by atoms with Gasteiger partial charge in [0.2, 0.25) is 0 Å². The van der Waals surface area contributed by atoms with Crippen molar-refractivity contribution in [2.45, 2.75) is 4.90 Å². The van der Waals surface area contributed by atoms with Crippen LogP contribution in [0.4, 0.5) is 0 Å². The molecular weight excluding hydrogens is 268 g/mol. The van der Waals surface area contributed by atoms with E-state index in [1.54, 1.807) is 24.3 Å². The van der Waals surface area contributed by atoms with Crippen molar-refractivity contribution in [2.75, 3.05) is 0 Å². The van der Waals surface area contributed by atoms with Gasteiger partial charge in [-0.1, -0.05) is 15.9 Å². The van der Waals surface area contributed by atoms with Gasteiger partial charge in [-0.2, -0.15) is 0 Å². The molecule has 0 saturated carbocycles. The van der Waals surface area contributed by atoms with Gasteiger partial charge < -0.3 is 5.11 Å². The summed E-state index contributed by atoms with van der Waals surface area (Å²) in [6.45, 7) is 0. The molecule has 5 heteroatoms. The van der Waals surface area contributed by atoms with Crippen LogP contribution in [-0.2, 0) is 15.6 Å². The molecule has 0 radical (unpaired) electrons. The van der Waals surface area contributed by atoms with E-state index < -0.39 is 16.8 Å². The fraction of sp³-hybridized carbons (Fsp3) is 0. The molecule has 0 aliphatic rings. The lowest BCUT2D eigenvalue weighted by molar-refractivity contribution is -0.131. The van der Waals surface area contributed by atoms with E-state index in [4.69, 9.17) is 5.11 Å². The summed E-state index contributed by atoms with van der Waals surface area (Å²) >= 11 is 3.25. The highest BCUT2D eigenvalue weighted by atomic mass is 79.9. The summed E-state index contributed by atoms with van der Waals surface area (Å²) < 4.78 is 12.3. The molecule has 1 N–H and O–H groups in total. The SMILES string of the molecule is O=C(O)/C=C/S(=O)c1ccc(Br)cc1. The van der Waals surface area contributed by atoms with Gasteiger partial charge in [-0.25, -0.2) is 9.00 Å². The molecule has 0 spiro atoms. The van der Waals surface area contributed by atoms with E-state index >= 15 is 0 Å². The highest BCUT2D eigenvalue weighted by molar-refractivity contribution is 9.10. The molecule has 1 aromatic rings. The summed E-state index contributed by atoms with van der Waals surface area (Å²) in [7, 11) is -1.39. The van der Waals surface area contributed by atoms with Gasteiger partial charge in [0.05, 0.1) is 10.8 Å². The molecular formula is C9H7BrO3S. The summed E-state index contributed by atoms with van der Waals surface area (Å²) in [4.78, 5) is 10.7. The largest absolute Gasteiger partial charge is 0.478 e. The Morgan fingerprint density at radius 2 is 1.93 bits per heavy atom. The van der Waals surface area contributed by atoms with E-state index in [1.165, 1.54) is 0 Å². The summed E-state index contributed by atoms with van der Waals surface area (Å²) in [5.41, 5.74) is 0. The first-order chi connectivity index (χ1) is 6.59. The zero-order valence-electron chi connectivity index (χ0n) is 7.01. The maximum atomic E-state index is 11.4.